The van der Waals surface area contributed by atoms with Crippen LogP contribution >= 0.6 is 11.3 Å². The van der Waals surface area contributed by atoms with Gasteiger partial charge in [-0.2, -0.15) is 4.39 Å². The number of carbonyl (C=O) groups is 2. The molecular weight excluding hydrogens is 493 g/mol. The molecule has 3 N–H and O–H groups in total. The number of carbonyl (C=O) groups excluding carboxylic acids is 2. The van der Waals surface area contributed by atoms with E-state index in [1.807, 2.05) is 29.6 Å². The molecule has 11 heteroatoms. The summed E-state index contributed by atoms with van der Waals surface area (Å²) in [5.74, 6) is -0.827. The number of hydrogen-bond donors (Lipinski definition) is 3. The summed E-state index contributed by atoms with van der Waals surface area (Å²) in [5.41, 5.74) is 3.85. The summed E-state index contributed by atoms with van der Waals surface area (Å²) in [4.78, 5) is 35.1. The molecule has 1 aromatic carbocycles. The normalized spacial score (nSPS) is 15.0. The molecule has 0 saturated carbocycles. The number of rotatable bonds is 7. The van der Waals surface area contributed by atoms with Gasteiger partial charge in [-0.25, -0.2) is 14.8 Å². The minimum Gasteiger partial charge on any atom is -0.363 e. The number of amides is 3. The molecule has 0 aliphatic carbocycles. The number of aromatic nitrogens is 3. The largest absolute Gasteiger partial charge is 0.363 e. The van der Waals surface area contributed by atoms with Gasteiger partial charge in [-0.3, -0.25) is 10.1 Å². The lowest BCUT2D eigenvalue weighted by Crippen LogP contribution is -2.25. The van der Waals surface area contributed by atoms with Crippen LogP contribution in [0.3, 0.4) is 0 Å². The molecular formula is C26H26FN7O2S. The van der Waals surface area contributed by atoms with Crippen LogP contribution < -0.4 is 20.9 Å². The SMILES string of the molecule is CNC(=O)Nc1ccc(N2CCCC2c2csc(NC(=O)c3cccn3Cc3ccnc(F)c3)n2)cc1. The highest BCUT2D eigenvalue weighted by Crippen LogP contribution is 2.37. The fourth-order valence-electron chi connectivity index (χ4n) is 4.47. The van der Waals surface area contributed by atoms with E-state index in [1.165, 1.54) is 23.6 Å². The van der Waals surface area contributed by atoms with E-state index >= 15 is 0 Å². The number of thiazole rings is 1. The molecule has 3 amide bonds. The van der Waals surface area contributed by atoms with Crippen molar-refractivity contribution in [2.45, 2.75) is 25.4 Å². The first-order chi connectivity index (χ1) is 18.0. The molecule has 3 aromatic heterocycles. The highest BCUT2D eigenvalue weighted by atomic mass is 32.1. The Kier molecular flexibility index (Phi) is 7.13. The smallest absolute Gasteiger partial charge is 0.318 e. The van der Waals surface area contributed by atoms with Gasteiger partial charge in [0.05, 0.1) is 11.7 Å². The summed E-state index contributed by atoms with van der Waals surface area (Å²) in [6.45, 7) is 1.25. The minimum absolute atomic E-state index is 0.102. The maximum Gasteiger partial charge on any atom is 0.318 e. The predicted molar refractivity (Wildman–Crippen MR) is 142 cm³/mol. The van der Waals surface area contributed by atoms with Crippen molar-refractivity contribution in [2.24, 2.45) is 0 Å². The molecule has 1 unspecified atom stereocenters. The Hall–Kier alpha value is -4.25. The average Bonchev–Trinajstić information content (AvgIpc) is 3.65. The van der Waals surface area contributed by atoms with E-state index in [1.54, 1.807) is 36.0 Å². The van der Waals surface area contributed by atoms with Gasteiger partial charge in [0, 0.05) is 49.3 Å². The number of pyridine rings is 1. The Labute approximate surface area is 217 Å². The second-order valence-electron chi connectivity index (χ2n) is 8.64. The average molecular weight is 520 g/mol. The van der Waals surface area contributed by atoms with E-state index in [2.05, 4.69) is 25.8 Å². The van der Waals surface area contributed by atoms with Crippen LogP contribution in [-0.4, -0.2) is 40.1 Å². The van der Waals surface area contributed by atoms with Crippen molar-refractivity contribution in [3.8, 4) is 0 Å². The lowest BCUT2D eigenvalue weighted by Gasteiger charge is -2.25. The molecule has 190 valence electrons. The number of hydrogen-bond acceptors (Lipinski definition) is 6. The molecule has 1 fully saturated rings. The first-order valence-electron chi connectivity index (χ1n) is 11.9. The molecule has 1 aliphatic heterocycles. The van der Waals surface area contributed by atoms with Crippen LogP contribution in [0.2, 0.25) is 0 Å². The van der Waals surface area contributed by atoms with Crippen LogP contribution in [0.4, 0.5) is 25.7 Å². The highest BCUT2D eigenvalue weighted by Gasteiger charge is 2.28. The molecule has 1 saturated heterocycles. The first kappa shape index (κ1) is 24.4. The van der Waals surface area contributed by atoms with Crippen molar-refractivity contribution < 1.29 is 14.0 Å². The van der Waals surface area contributed by atoms with Crippen molar-refractivity contribution in [3.05, 3.63) is 89.2 Å². The van der Waals surface area contributed by atoms with Gasteiger partial charge in [-0.05, 0) is 66.9 Å². The molecule has 9 nitrogen and oxygen atoms in total. The third-order valence-electron chi connectivity index (χ3n) is 6.23. The van der Waals surface area contributed by atoms with E-state index in [9.17, 15) is 14.0 Å². The number of nitrogens with zero attached hydrogens (tertiary/aromatic N) is 4. The summed E-state index contributed by atoms with van der Waals surface area (Å²) >= 11 is 1.39. The molecule has 0 bridgehead atoms. The summed E-state index contributed by atoms with van der Waals surface area (Å²) in [6.07, 6.45) is 5.19. The Morgan fingerprint density at radius 1 is 1.16 bits per heavy atom. The van der Waals surface area contributed by atoms with Gasteiger partial charge in [0.1, 0.15) is 5.69 Å². The molecule has 0 radical (unpaired) electrons. The fourth-order valence-corrected chi connectivity index (χ4v) is 5.22. The first-order valence-corrected chi connectivity index (χ1v) is 12.8. The van der Waals surface area contributed by atoms with Crippen molar-refractivity contribution in [1.82, 2.24) is 19.9 Å². The fraction of sp³-hybridized carbons (Fsp3) is 0.231. The Morgan fingerprint density at radius 3 is 2.78 bits per heavy atom. The topological polar surface area (TPSA) is 104 Å². The van der Waals surface area contributed by atoms with Gasteiger partial charge < -0.3 is 20.1 Å². The van der Waals surface area contributed by atoms with Crippen molar-refractivity contribution in [3.63, 3.8) is 0 Å². The van der Waals surface area contributed by atoms with Crippen LogP contribution in [0.5, 0.6) is 0 Å². The van der Waals surface area contributed by atoms with E-state index in [4.69, 9.17) is 4.98 Å². The molecule has 37 heavy (non-hydrogen) atoms. The number of nitrogens with one attached hydrogen (secondary N) is 3. The molecule has 4 heterocycles. The molecule has 4 aromatic rings. The van der Waals surface area contributed by atoms with E-state index in [0.717, 1.165) is 36.5 Å². The van der Waals surface area contributed by atoms with Gasteiger partial charge >= 0.3 is 6.03 Å². The Bertz CT molecular complexity index is 1400. The highest BCUT2D eigenvalue weighted by molar-refractivity contribution is 7.14. The van der Waals surface area contributed by atoms with E-state index < -0.39 is 5.95 Å². The van der Waals surface area contributed by atoms with Crippen LogP contribution in [0.25, 0.3) is 0 Å². The third kappa shape index (κ3) is 5.61. The maximum atomic E-state index is 13.5. The van der Waals surface area contributed by atoms with Crippen molar-refractivity contribution in [2.75, 3.05) is 29.1 Å². The second kappa shape index (κ2) is 10.8. The Balaban J connectivity index is 1.26. The van der Waals surface area contributed by atoms with E-state index in [-0.39, 0.29) is 18.0 Å². The monoisotopic (exact) mass is 519 g/mol. The molecule has 1 atom stereocenters. The van der Waals surface area contributed by atoms with Gasteiger partial charge in [0.25, 0.3) is 5.91 Å². The summed E-state index contributed by atoms with van der Waals surface area (Å²) < 4.78 is 15.2. The van der Waals surface area contributed by atoms with Gasteiger partial charge in [-0.1, -0.05) is 0 Å². The standard InChI is InChI=1S/C26H26FN7O2S/c1-28-25(36)30-18-6-8-19(9-7-18)34-13-3-4-21(34)20-16-37-26(31-20)32-24(35)22-5-2-12-33(22)15-17-10-11-29-23(27)14-17/h2,5-12,14,16,21H,3-4,13,15H2,1H3,(H2,28,30,36)(H,31,32,35). The maximum absolute atomic E-state index is 13.5. The number of benzene rings is 1. The van der Waals surface area contributed by atoms with Crippen molar-refractivity contribution in [1.29, 1.82) is 0 Å². The number of urea groups is 1. The minimum atomic E-state index is -0.552. The van der Waals surface area contributed by atoms with Crippen LogP contribution in [0.1, 0.15) is 40.6 Å². The van der Waals surface area contributed by atoms with Gasteiger partial charge in [0.15, 0.2) is 5.13 Å². The Morgan fingerprint density at radius 2 is 2.00 bits per heavy atom. The van der Waals surface area contributed by atoms with Crippen LogP contribution in [-0.2, 0) is 6.54 Å². The van der Waals surface area contributed by atoms with Crippen molar-refractivity contribution >= 4 is 39.8 Å². The molecule has 5 rings (SSSR count). The van der Waals surface area contributed by atoms with Crippen LogP contribution in [0.15, 0.2) is 66.3 Å². The summed E-state index contributed by atoms with van der Waals surface area (Å²) in [6, 6.07) is 14.2. The predicted octanol–water partition coefficient (Wildman–Crippen LogP) is 4.87. The number of halogens is 1. The van der Waals surface area contributed by atoms with E-state index in [0.29, 0.717) is 22.9 Å². The second-order valence-corrected chi connectivity index (χ2v) is 9.50. The van der Waals surface area contributed by atoms with Gasteiger partial charge in [-0.15, -0.1) is 11.3 Å². The zero-order valence-corrected chi connectivity index (χ0v) is 21.0. The lowest BCUT2D eigenvalue weighted by molar-refractivity contribution is 0.101. The summed E-state index contributed by atoms with van der Waals surface area (Å²) in [5, 5.41) is 10.7. The number of anilines is 3. The van der Waals surface area contributed by atoms with Gasteiger partial charge in [0.2, 0.25) is 5.95 Å². The lowest BCUT2D eigenvalue weighted by atomic mass is 10.1. The molecule has 1 aliphatic rings. The van der Waals surface area contributed by atoms with Crippen LogP contribution in [0, 0.1) is 5.95 Å². The molecule has 0 spiro atoms. The quantitative estimate of drug-likeness (QED) is 0.302. The third-order valence-corrected chi connectivity index (χ3v) is 7.00. The zero-order chi connectivity index (χ0) is 25.8. The zero-order valence-electron chi connectivity index (χ0n) is 20.1. The summed E-state index contributed by atoms with van der Waals surface area (Å²) in [7, 11) is 1.57.